The van der Waals surface area contributed by atoms with Gasteiger partial charge in [-0.15, -0.1) is 0 Å². The Morgan fingerprint density at radius 3 is 2.50 bits per heavy atom. The lowest BCUT2D eigenvalue weighted by Crippen LogP contribution is -2.45. The van der Waals surface area contributed by atoms with E-state index in [2.05, 4.69) is 29.7 Å². The van der Waals surface area contributed by atoms with Gasteiger partial charge in [-0.05, 0) is 50.5 Å². The van der Waals surface area contributed by atoms with Crippen LogP contribution in [0, 0.1) is 0 Å². The van der Waals surface area contributed by atoms with Crippen molar-refractivity contribution in [3.63, 3.8) is 0 Å². The van der Waals surface area contributed by atoms with Crippen LogP contribution in [0.3, 0.4) is 0 Å². The third kappa shape index (κ3) is 3.65. The molecule has 2 N–H and O–H groups in total. The van der Waals surface area contributed by atoms with Crippen molar-refractivity contribution >= 4 is 23.3 Å². The summed E-state index contributed by atoms with van der Waals surface area (Å²) >= 11 is 5.23. The van der Waals surface area contributed by atoms with Crippen LogP contribution in [0.1, 0.15) is 44.9 Å². The summed E-state index contributed by atoms with van der Waals surface area (Å²) in [7, 11) is 0. The number of esters is 1. The number of carbonyl (C=O) groups is 1. The molecule has 118 valence electrons. The Labute approximate surface area is 136 Å². The van der Waals surface area contributed by atoms with E-state index in [9.17, 15) is 4.79 Å². The Balaban J connectivity index is 2.38. The molecule has 1 aliphatic rings. The molecule has 22 heavy (non-hydrogen) atoms. The first-order chi connectivity index (χ1) is 10.4. The first-order valence-corrected chi connectivity index (χ1v) is 7.91. The Bertz CT molecular complexity index is 606. The van der Waals surface area contributed by atoms with E-state index in [0.29, 0.717) is 10.7 Å². The molecule has 0 saturated heterocycles. The van der Waals surface area contributed by atoms with Crippen molar-refractivity contribution < 1.29 is 9.53 Å². The van der Waals surface area contributed by atoms with Gasteiger partial charge < -0.3 is 15.4 Å². The Morgan fingerprint density at radius 2 is 1.95 bits per heavy atom. The van der Waals surface area contributed by atoms with E-state index in [1.807, 2.05) is 32.9 Å². The molecule has 0 bridgehead atoms. The summed E-state index contributed by atoms with van der Waals surface area (Å²) in [5.41, 5.74) is 3.56. The number of thiocarbonyl (C=S) groups is 1. The van der Waals surface area contributed by atoms with E-state index in [1.54, 1.807) is 0 Å². The van der Waals surface area contributed by atoms with Gasteiger partial charge in [-0.2, -0.15) is 0 Å². The summed E-state index contributed by atoms with van der Waals surface area (Å²) in [6.45, 7) is 7.64. The Hall–Kier alpha value is -1.88. The van der Waals surface area contributed by atoms with Gasteiger partial charge in [-0.1, -0.05) is 31.2 Å². The summed E-state index contributed by atoms with van der Waals surface area (Å²) in [4.78, 5) is 12.4. The maximum atomic E-state index is 12.4. The number of allylic oxidation sites excluding steroid dienone is 1. The highest BCUT2D eigenvalue weighted by Crippen LogP contribution is 2.28. The van der Waals surface area contributed by atoms with Gasteiger partial charge in [0.15, 0.2) is 5.11 Å². The number of carbonyl (C=O) groups excluding carboxylic acids is 1. The van der Waals surface area contributed by atoms with E-state index >= 15 is 0 Å². The molecular weight excluding hydrogens is 296 g/mol. The number of hydrogen-bond donors (Lipinski definition) is 2. The predicted molar refractivity (Wildman–Crippen MR) is 91.4 cm³/mol. The average molecular weight is 318 g/mol. The molecule has 4 nitrogen and oxygen atoms in total. The van der Waals surface area contributed by atoms with Crippen molar-refractivity contribution in [2.45, 2.75) is 46.3 Å². The predicted octanol–water partition coefficient (Wildman–Crippen LogP) is 2.99. The largest absolute Gasteiger partial charge is 0.459 e. The van der Waals surface area contributed by atoms with Crippen molar-refractivity contribution in [3.8, 4) is 0 Å². The Kier molecular flexibility index (Phi) is 5.19. The normalized spacial score (nSPS) is 18.0. The van der Waals surface area contributed by atoms with Gasteiger partial charge in [-0.25, -0.2) is 4.79 Å². The maximum absolute atomic E-state index is 12.4. The molecule has 0 fully saturated rings. The van der Waals surface area contributed by atoms with Crippen LogP contribution in [0.15, 0.2) is 35.5 Å². The number of hydrogen-bond acceptors (Lipinski definition) is 3. The first kappa shape index (κ1) is 16.5. The van der Waals surface area contributed by atoms with Crippen LogP contribution < -0.4 is 10.6 Å². The molecule has 1 atom stereocenters. The highest BCUT2D eigenvalue weighted by molar-refractivity contribution is 7.80. The number of aryl methyl sites for hydroxylation is 1. The van der Waals surface area contributed by atoms with Gasteiger partial charge >= 0.3 is 5.97 Å². The second-order valence-corrected chi connectivity index (χ2v) is 6.03. The number of rotatable bonds is 4. The van der Waals surface area contributed by atoms with Gasteiger partial charge in [0, 0.05) is 5.70 Å². The van der Waals surface area contributed by atoms with Crippen LogP contribution >= 0.6 is 12.2 Å². The fourth-order valence-corrected chi connectivity index (χ4v) is 2.71. The molecule has 0 aliphatic carbocycles. The summed E-state index contributed by atoms with van der Waals surface area (Å²) in [6.07, 6.45) is 0.819. The summed E-state index contributed by atoms with van der Waals surface area (Å²) in [5.74, 6) is -0.320. The average Bonchev–Trinajstić information content (AvgIpc) is 2.45. The zero-order valence-electron chi connectivity index (χ0n) is 13.4. The van der Waals surface area contributed by atoms with Crippen molar-refractivity contribution in [1.29, 1.82) is 0 Å². The number of nitrogens with one attached hydrogen (secondary N) is 2. The van der Waals surface area contributed by atoms with E-state index < -0.39 is 0 Å². The molecule has 1 aromatic carbocycles. The van der Waals surface area contributed by atoms with Crippen molar-refractivity contribution in [2.24, 2.45) is 0 Å². The molecule has 0 spiro atoms. The van der Waals surface area contributed by atoms with E-state index in [1.165, 1.54) is 5.56 Å². The molecule has 1 aromatic rings. The van der Waals surface area contributed by atoms with Crippen molar-refractivity contribution in [1.82, 2.24) is 10.6 Å². The van der Waals surface area contributed by atoms with Crippen molar-refractivity contribution in [3.05, 3.63) is 46.7 Å². The second-order valence-electron chi connectivity index (χ2n) is 5.62. The summed E-state index contributed by atoms with van der Waals surface area (Å²) < 4.78 is 5.37. The minimum Gasteiger partial charge on any atom is -0.459 e. The minimum absolute atomic E-state index is 0.162. The summed E-state index contributed by atoms with van der Waals surface area (Å²) in [5, 5.41) is 6.69. The molecule has 0 amide bonds. The van der Waals surface area contributed by atoms with Gasteiger partial charge in [0.05, 0.1) is 17.7 Å². The lowest BCUT2D eigenvalue weighted by Gasteiger charge is -2.30. The SMILES string of the molecule is CCc1ccc(C2NC(=S)NC(C)=C2C(=O)OC(C)C)cc1. The highest BCUT2D eigenvalue weighted by Gasteiger charge is 2.31. The lowest BCUT2D eigenvalue weighted by molar-refractivity contribution is -0.143. The van der Waals surface area contributed by atoms with Gasteiger partial charge in [0.25, 0.3) is 0 Å². The standard InChI is InChI=1S/C17H22N2O2S/c1-5-12-6-8-13(9-7-12)15-14(16(20)21-10(2)3)11(4)18-17(22)19-15/h6-10,15H,5H2,1-4H3,(H2,18,19,22). The first-order valence-electron chi connectivity index (χ1n) is 7.50. The molecule has 1 aliphatic heterocycles. The molecule has 1 heterocycles. The van der Waals surface area contributed by atoms with Crippen LogP contribution in [0.5, 0.6) is 0 Å². The Morgan fingerprint density at radius 1 is 1.32 bits per heavy atom. The third-order valence-corrected chi connectivity index (χ3v) is 3.77. The number of benzene rings is 1. The lowest BCUT2D eigenvalue weighted by atomic mass is 9.94. The van der Waals surface area contributed by atoms with Crippen LogP contribution in [0.2, 0.25) is 0 Å². The topological polar surface area (TPSA) is 50.4 Å². The van der Waals surface area contributed by atoms with Crippen LogP contribution in [-0.4, -0.2) is 17.2 Å². The second kappa shape index (κ2) is 6.92. The highest BCUT2D eigenvalue weighted by atomic mass is 32.1. The maximum Gasteiger partial charge on any atom is 0.338 e. The van der Waals surface area contributed by atoms with E-state index in [0.717, 1.165) is 17.7 Å². The monoisotopic (exact) mass is 318 g/mol. The van der Waals surface area contributed by atoms with Crippen LogP contribution in [0.4, 0.5) is 0 Å². The van der Waals surface area contributed by atoms with Crippen LogP contribution in [-0.2, 0) is 16.0 Å². The molecule has 0 aromatic heterocycles. The third-order valence-electron chi connectivity index (χ3n) is 3.55. The van der Waals surface area contributed by atoms with Gasteiger partial charge in [0.2, 0.25) is 0 Å². The van der Waals surface area contributed by atoms with Crippen LogP contribution in [0.25, 0.3) is 0 Å². The number of ether oxygens (including phenoxy) is 1. The van der Waals surface area contributed by atoms with E-state index in [4.69, 9.17) is 17.0 Å². The fraction of sp³-hybridized carbons (Fsp3) is 0.412. The van der Waals surface area contributed by atoms with Gasteiger partial charge in [-0.3, -0.25) is 0 Å². The van der Waals surface area contributed by atoms with Gasteiger partial charge in [0.1, 0.15) is 0 Å². The smallest absolute Gasteiger partial charge is 0.338 e. The molecular formula is C17H22N2O2S. The zero-order valence-corrected chi connectivity index (χ0v) is 14.2. The quantitative estimate of drug-likeness (QED) is 0.660. The molecule has 0 saturated carbocycles. The fourth-order valence-electron chi connectivity index (χ4n) is 2.44. The van der Waals surface area contributed by atoms with Crippen molar-refractivity contribution in [2.75, 3.05) is 0 Å². The molecule has 0 radical (unpaired) electrons. The molecule has 1 unspecified atom stereocenters. The molecule has 2 rings (SSSR count). The minimum atomic E-state index is -0.320. The summed E-state index contributed by atoms with van der Waals surface area (Å²) in [6, 6.07) is 7.91. The van der Waals surface area contributed by atoms with E-state index in [-0.39, 0.29) is 18.1 Å². The zero-order chi connectivity index (χ0) is 16.3. The molecule has 5 heteroatoms.